The van der Waals surface area contributed by atoms with E-state index in [0.29, 0.717) is 6.04 Å². The first kappa shape index (κ1) is 19.4. The molecule has 1 saturated carbocycles. The van der Waals surface area contributed by atoms with E-state index >= 15 is 0 Å². The molecule has 0 aliphatic heterocycles. The molecule has 0 unspecified atom stereocenters. The zero-order valence-corrected chi connectivity index (χ0v) is 16.8. The minimum atomic E-state index is 0.486. The van der Waals surface area contributed by atoms with E-state index in [4.69, 9.17) is 17.0 Å². The van der Waals surface area contributed by atoms with Gasteiger partial charge in [0.15, 0.2) is 5.11 Å². The molecule has 1 fully saturated rings. The van der Waals surface area contributed by atoms with E-state index in [1.807, 2.05) is 30.3 Å². The van der Waals surface area contributed by atoms with Crippen LogP contribution in [0.5, 0.6) is 5.75 Å². The lowest BCUT2D eigenvalue weighted by Crippen LogP contribution is -2.43. The Hall–Kier alpha value is -2.33. The predicted octanol–water partition coefficient (Wildman–Crippen LogP) is 5.88. The lowest BCUT2D eigenvalue weighted by Gasteiger charge is -2.35. The van der Waals surface area contributed by atoms with Gasteiger partial charge >= 0.3 is 0 Å². The van der Waals surface area contributed by atoms with Crippen molar-refractivity contribution in [1.29, 1.82) is 0 Å². The minimum Gasteiger partial charge on any atom is -0.495 e. The Labute approximate surface area is 168 Å². The summed E-state index contributed by atoms with van der Waals surface area (Å²) in [6, 6.07) is 17.0. The van der Waals surface area contributed by atoms with Crippen LogP contribution in [0.1, 0.15) is 32.1 Å². The smallest absolute Gasteiger partial charge is 0.174 e. The first-order valence-corrected chi connectivity index (χ1v) is 10.1. The van der Waals surface area contributed by atoms with E-state index < -0.39 is 0 Å². The van der Waals surface area contributed by atoms with Gasteiger partial charge in [0.2, 0.25) is 0 Å². The van der Waals surface area contributed by atoms with E-state index in [-0.39, 0.29) is 0 Å². The molecule has 142 valence electrons. The van der Waals surface area contributed by atoms with Crippen molar-refractivity contribution in [2.24, 2.45) is 0 Å². The van der Waals surface area contributed by atoms with Crippen LogP contribution >= 0.6 is 12.2 Å². The van der Waals surface area contributed by atoms with Crippen molar-refractivity contribution in [3.05, 3.63) is 61.2 Å². The van der Waals surface area contributed by atoms with Crippen LogP contribution in [0.4, 0.5) is 5.69 Å². The quantitative estimate of drug-likeness (QED) is 0.500. The van der Waals surface area contributed by atoms with Crippen LogP contribution in [0.15, 0.2) is 61.2 Å². The maximum Gasteiger partial charge on any atom is 0.174 e. The van der Waals surface area contributed by atoms with Gasteiger partial charge in [-0.25, -0.2) is 0 Å². The van der Waals surface area contributed by atoms with E-state index in [2.05, 4.69) is 41.1 Å². The fourth-order valence-electron chi connectivity index (χ4n) is 3.73. The van der Waals surface area contributed by atoms with Gasteiger partial charge in [-0.05, 0) is 48.3 Å². The number of hydrogen-bond donors (Lipinski definition) is 1. The molecule has 0 heterocycles. The van der Waals surface area contributed by atoms with E-state index in [0.717, 1.165) is 28.7 Å². The van der Waals surface area contributed by atoms with Gasteiger partial charge in [-0.15, -0.1) is 6.58 Å². The van der Waals surface area contributed by atoms with Gasteiger partial charge in [0.05, 0.1) is 12.8 Å². The minimum absolute atomic E-state index is 0.486. The summed E-state index contributed by atoms with van der Waals surface area (Å²) in [5, 5.41) is 4.18. The van der Waals surface area contributed by atoms with Gasteiger partial charge in [0, 0.05) is 12.6 Å². The lowest BCUT2D eigenvalue weighted by atomic mass is 9.94. The van der Waals surface area contributed by atoms with Gasteiger partial charge in [0.25, 0.3) is 0 Å². The van der Waals surface area contributed by atoms with Crippen LogP contribution in [0, 0.1) is 0 Å². The average Bonchev–Trinajstić information content (AvgIpc) is 2.73. The molecule has 0 radical (unpaired) electrons. The standard InChI is InChI=1S/C23H28N2OS/c1-3-16-25(20-12-8-5-9-13-20)23(27)24-21-17-19(14-15-22(21)26-2)18-10-6-4-7-11-18/h3-4,6-7,10-11,14-15,17,20H,1,5,8-9,12-13,16H2,2H3,(H,24,27). The van der Waals surface area contributed by atoms with Crippen molar-refractivity contribution in [2.45, 2.75) is 38.1 Å². The first-order chi connectivity index (χ1) is 13.2. The zero-order chi connectivity index (χ0) is 19.1. The van der Waals surface area contributed by atoms with Crippen LogP contribution in [0.2, 0.25) is 0 Å². The molecule has 0 atom stereocenters. The number of anilines is 1. The number of nitrogens with one attached hydrogen (secondary N) is 1. The second-order valence-corrected chi connectivity index (χ2v) is 7.33. The normalized spacial score (nSPS) is 14.4. The third-order valence-electron chi connectivity index (χ3n) is 5.15. The Morgan fingerprint density at radius 1 is 1.15 bits per heavy atom. The first-order valence-electron chi connectivity index (χ1n) is 9.65. The highest BCUT2D eigenvalue weighted by atomic mass is 32.1. The van der Waals surface area contributed by atoms with Crippen molar-refractivity contribution < 1.29 is 4.74 Å². The van der Waals surface area contributed by atoms with Crippen LogP contribution in [0.25, 0.3) is 11.1 Å². The predicted molar refractivity (Wildman–Crippen MR) is 118 cm³/mol. The third-order valence-corrected chi connectivity index (χ3v) is 5.49. The SMILES string of the molecule is C=CCN(C(=S)Nc1cc(-c2ccccc2)ccc1OC)C1CCCCC1. The van der Waals surface area contributed by atoms with E-state index in [9.17, 15) is 0 Å². The third kappa shape index (κ3) is 4.89. The van der Waals surface area contributed by atoms with Gasteiger partial charge in [-0.3, -0.25) is 0 Å². The molecule has 2 aromatic rings. The number of methoxy groups -OCH3 is 1. The number of hydrogen-bond acceptors (Lipinski definition) is 2. The number of benzene rings is 2. The molecule has 0 spiro atoms. The maximum atomic E-state index is 5.78. The highest BCUT2D eigenvalue weighted by Crippen LogP contribution is 2.31. The molecule has 3 rings (SSSR count). The summed E-state index contributed by atoms with van der Waals surface area (Å²) in [5.41, 5.74) is 3.20. The summed E-state index contributed by atoms with van der Waals surface area (Å²) in [5.74, 6) is 0.791. The number of rotatable bonds is 6. The van der Waals surface area contributed by atoms with Gasteiger partial charge in [-0.1, -0.05) is 61.7 Å². The molecule has 27 heavy (non-hydrogen) atoms. The van der Waals surface area contributed by atoms with Crippen molar-refractivity contribution in [3.8, 4) is 16.9 Å². The Bertz CT molecular complexity index is 769. The highest BCUT2D eigenvalue weighted by molar-refractivity contribution is 7.80. The monoisotopic (exact) mass is 380 g/mol. The second-order valence-electron chi connectivity index (χ2n) is 6.94. The summed E-state index contributed by atoms with van der Waals surface area (Å²) in [6.45, 7) is 4.68. The topological polar surface area (TPSA) is 24.5 Å². The Morgan fingerprint density at radius 2 is 1.89 bits per heavy atom. The lowest BCUT2D eigenvalue weighted by molar-refractivity contribution is 0.263. The van der Waals surface area contributed by atoms with Crippen molar-refractivity contribution in [3.63, 3.8) is 0 Å². The van der Waals surface area contributed by atoms with Crippen molar-refractivity contribution >= 4 is 23.0 Å². The van der Waals surface area contributed by atoms with Crippen LogP contribution in [0.3, 0.4) is 0 Å². The fourth-order valence-corrected chi connectivity index (χ4v) is 4.07. The Balaban J connectivity index is 1.83. The molecule has 4 heteroatoms. The zero-order valence-electron chi connectivity index (χ0n) is 16.0. The van der Waals surface area contributed by atoms with Gasteiger partial charge in [0.1, 0.15) is 5.75 Å². The number of nitrogens with zero attached hydrogens (tertiary/aromatic N) is 1. The highest BCUT2D eigenvalue weighted by Gasteiger charge is 2.23. The maximum absolute atomic E-state index is 5.78. The summed E-state index contributed by atoms with van der Waals surface area (Å²) in [6.07, 6.45) is 8.18. The molecule has 0 bridgehead atoms. The van der Waals surface area contributed by atoms with Gasteiger partial charge < -0.3 is 15.0 Å². The molecule has 3 nitrogen and oxygen atoms in total. The molecule has 0 saturated heterocycles. The summed E-state index contributed by atoms with van der Waals surface area (Å²) < 4.78 is 5.56. The number of ether oxygens (including phenoxy) is 1. The summed E-state index contributed by atoms with van der Waals surface area (Å²) >= 11 is 5.78. The largest absolute Gasteiger partial charge is 0.495 e. The average molecular weight is 381 g/mol. The summed E-state index contributed by atoms with van der Waals surface area (Å²) in [7, 11) is 1.69. The van der Waals surface area contributed by atoms with Crippen molar-refractivity contribution in [1.82, 2.24) is 4.90 Å². The number of thiocarbonyl (C=S) groups is 1. The Kier molecular flexibility index (Phi) is 6.88. The molecular formula is C23H28N2OS. The Morgan fingerprint density at radius 3 is 2.56 bits per heavy atom. The van der Waals surface area contributed by atoms with Crippen molar-refractivity contribution in [2.75, 3.05) is 19.0 Å². The molecular weight excluding hydrogens is 352 g/mol. The molecule has 1 aliphatic rings. The molecule has 0 amide bonds. The summed E-state index contributed by atoms with van der Waals surface area (Å²) in [4.78, 5) is 2.27. The molecule has 1 N–H and O–H groups in total. The van der Waals surface area contributed by atoms with Crippen LogP contribution in [-0.2, 0) is 0 Å². The van der Waals surface area contributed by atoms with Crippen LogP contribution in [-0.4, -0.2) is 29.7 Å². The fraction of sp³-hybridized carbons (Fsp3) is 0.348. The van der Waals surface area contributed by atoms with Crippen LogP contribution < -0.4 is 10.1 Å². The van der Waals surface area contributed by atoms with Gasteiger partial charge in [-0.2, -0.15) is 0 Å². The molecule has 2 aromatic carbocycles. The second kappa shape index (κ2) is 9.56. The molecule has 1 aliphatic carbocycles. The van der Waals surface area contributed by atoms with E-state index in [1.54, 1.807) is 7.11 Å². The molecule has 0 aromatic heterocycles. The van der Waals surface area contributed by atoms with E-state index in [1.165, 1.54) is 37.7 Å².